The van der Waals surface area contributed by atoms with Crippen molar-refractivity contribution in [2.75, 3.05) is 6.54 Å². The first kappa shape index (κ1) is 19.0. The Morgan fingerprint density at radius 3 is 2.68 bits per heavy atom. The van der Waals surface area contributed by atoms with Gasteiger partial charge in [0.15, 0.2) is 0 Å². The van der Waals surface area contributed by atoms with Crippen LogP contribution in [0.4, 0.5) is 4.79 Å². The van der Waals surface area contributed by atoms with Crippen LogP contribution in [0.15, 0.2) is 30.6 Å². The van der Waals surface area contributed by atoms with Crippen molar-refractivity contribution in [1.29, 1.82) is 0 Å². The third kappa shape index (κ3) is 5.06. The second-order valence-corrected chi connectivity index (χ2v) is 7.09. The van der Waals surface area contributed by atoms with Gasteiger partial charge in [0, 0.05) is 23.3 Å². The average Bonchev–Trinajstić information content (AvgIpc) is 2.55. The highest BCUT2D eigenvalue weighted by atomic mass is 16.6. The van der Waals surface area contributed by atoms with E-state index in [0.717, 1.165) is 5.39 Å². The Bertz CT molecular complexity index is 740. The summed E-state index contributed by atoms with van der Waals surface area (Å²) < 4.78 is 5.43. The van der Waals surface area contributed by atoms with Gasteiger partial charge in [-0.2, -0.15) is 0 Å². The molecular formula is C19H26N2O4. The minimum atomic E-state index is -0.656. The Kier molecular flexibility index (Phi) is 5.85. The fourth-order valence-corrected chi connectivity index (χ4v) is 2.44. The Labute approximate surface area is 148 Å². The number of aromatic nitrogens is 1. The van der Waals surface area contributed by atoms with E-state index in [4.69, 9.17) is 4.74 Å². The summed E-state index contributed by atoms with van der Waals surface area (Å²) in [6, 6.07) is 5.45. The van der Waals surface area contributed by atoms with Crippen LogP contribution in [0.25, 0.3) is 10.8 Å². The standard InChI is InChI=1S/C19H26N2O4/c1-5-15(22)12-21(18(24)25-19(2,3)4)11-14-7-6-13-8-9-20-10-16(13)17(14)23/h6-10,15,22-23H,5,11-12H2,1-4H3/t15-/m0/s1. The molecule has 6 nitrogen and oxygen atoms in total. The number of amides is 1. The normalized spacial score (nSPS) is 12.8. The van der Waals surface area contributed by atoms with Crippen LogP contribution in [0.5, 0.6) is 5.75 Å². The molecule has 1 amide bonds. The molecule has 0 bridgehead atoms. The van der Waals surface area contributed by atoms with E-state index in [2.05, 4.69) is 4.98 Å². The van der Waals surface area contributed by atoms with Gasteiger partial charge >= 0.3 is 6.09 Å². The van der Waals surface area contributed by atoms with Gasteiger partial charge in [0.1, 0.15) is 11.4 Å². The van der Waals surface area contributed by atoms with E-state index in [1.54, 1.807) is 39.2 Å². The number of aliphatic hydroxyl groups is 1. The molecule has 0 saturated carbocycles. The van der Waals surface area contributed by atoms with E-state index in [1.165, 1.54) is 4.90 Å². The minimum absolute atomic E-state index is 0.0881. The number of phenols is 1. The topological polar surface area (TPSA) is 82.9 Å². The van der Waals surface area contributed by atoms with E-state index in [9.17, 15) is 15.0 Å². The SMILES string of the molecule is CC[C@H](O)CN(Cc1ccc2ccncc2c1O)C(=O)OC(C)(C)C. The highest BCUT2D eigenvalue weighted by Gasteiger charge is 2.25. The number of aliphatic hydroxyl groups excluding tert-OH is 1. The molecule has 0 radical (unpaired) electrons. The summed E-state index contributed by atoms with van der Waals surface area (Å²) >= 11 is 0. The number of aromatic hydroxyl groups is 1. The highest BCUT2D eigenvalue weighted by Crippen LogP contribution is 2.29. The number of benzene rings is 1. The summed E-state index contributed by atoms with van der Waals surface area (Å²) in [4.78, 5) is 17.9. The number of fused-ring (bicyclic) bond motifs is 1. The molecular weight excluding hydrogens is 320 g/mol. The third-order valence-electron chi connectivity index (χ3n) is 3.79. The quantitative estimate of drug-likeness (QED) is 0.866. The minimum Gasteiger partial charge on any atom is -0.507 e. The summed E-state index contributed by atoms with van der Waals surface area (Å²) in [6.07, 6.45) is 2.59. The molecule has 1 atom stereocenters. The Hall–Kier alpha value is -2.34. The molecule has 0 spiro atoms. The number of hydrogen-bond acceptors (Lipinski definition) is 5. The Morgan fingerprint density at radius 2 is 2.04 bits per heavy atom. The molecule has 0 aliphatic heterocycles. The second-order valence-electron chi connectivity index (χ2n) is 7.09. The van der Waals surface area contributed by atoms with Gasteiger partial charge in [-0.05, 0) is 38.6 Å². The summed E-state index contributed by atoms with van der Waals surface area (Å²) in [5.74, 6) is 0.0881. The lowest BCUT2D eigenvalue weighted by Crippen LogP contribution is -2.40. The predicted octanol–water partition coefficient (Wildman–Crippen LogP) is 3.45. The van der Waals surface area contributed by atoms with Gasteiger partial charge in [0.05, 0.1) is 19.2 Å². The molecule has 136 valence electrons. The zero-order chi connectivity index (χ0) is 18.6. The van der Waals surface area contributed by atoms with Crippen LogP contribution in [0.2, 0.25) is 0 Å². The molecule has 1 aromatic carbocycles. The van der Waals surface area contributed by atoms with Crippen LogP contribution in [0.3, 0.4) is 0 Å². The molecule has 6 heteroatoms. The van der Waals surface area contributed by atoms with Crippen molar-refractivity contribution < 1.29 is 19.7 Å². The number of phenolic OH excluding ortho intramolecular Hbond substituents is 1. The lowest BCUT2D eigenvalue weighted by Gasteiger charge is -2.29. The van der Waals surface area contributed by atoms with Gasteiger partial charge in [-0.15, -0.1) is 0 Å². The van der Waals surface area contributed by atoms with Crippen molar-refractivity contribution in [3.05, 3.63) is 36.2 Å². The van der Waals surface area contributed by atoms with Crippen molar-refractivity contribution >= 4 is 16.9 Å². The Balaban J connectivity index is 2.29. The van der Waals surface area contributed by atoms with E-state index >= 15 is 0 Å². The number of hydrogen-bond donors (Lipinski definition) is 2. The maximum Gasteiger partial charge on any atom is 0.410 e. The number of carbonyl (C=O) groups excluding carboxylic acids is 1. The van der Waals surface area contributed by atoms with Crippen LogP contribution in [-0.2, 0) is 11.3 Å². The maximum absolute atomic E-state index is 12.5. The van der Waals surface area contributed by atoms with Crippen LogP contribution in [0, 0.1) is 0 Å². The number of nitrogens with zero attached hydrogens (tertiary/aromatic N) is 2. The molecule has 0 unspecified atom stereocenters. The fraction of sp³-hybridized carbons (Fsp3) is 0.474. The van der Waals surface area contributed by atoms with Crippen molar-refractivity contribution in [2.24, 2.45) is 0 Å². The lowest BCUT2D eigenvalue weighted by molar-refractivity contribution is 0.0122. The van der Waals surface area contributed by atoms with Crippen LogP contribution in [-0.4, -0.2) is 44.4 Å². The van der Waals surface area contributed by atoms with Crippen LogP contribution in [0.1, 0.15) is 39.7 Å². The predicted molar refractivity (Wildman–Crippen MR) is 96.3 cm³/mol. The molecule has 1 aromatic heterocycles. The molecule has 2 N–H and O–H groups in total. The van der Waals surface area contributed by atoms with Crippen LogP contribution >= 0.6 is 0 Å². The van der Waals surface area contributed by atoms with E-state index < -0.39 is 17.8 Å². The number of ether oxygens (including phenoxy) is 1. The summed E-state index contributed by atoms with van der Waals surface area (Å²) in [5, 5.41) is 22.0. The van der Waals surface area contributed by atoms with Gasteiger partial charge < -0.3 is 19.8 Å². The number of carbonyl (C=O) groups is 1. The van der Waals surface area contributed by atoms with Crippen molar-refractivity contribution in [1.82, 2.24) is 9.88 Å². The largest absolute Gasteiger partial charge is 0.507 e. The van der Waals surface area contributed by atoms with Crippen LogP contribution < -0.4 is 0 Å². The molecule has 2 aromatic rings. The van der Waals surface area contributed by atoms with E-state index in [-0.39, 0.29) is 18.8 Å². The van der Waals surface area contributed by atoms with Crippen molar-refractivity contribution in [3.8, 4) is 5.75 Å². The molecule has 0 aliphatic carbocycles. The van der Waals surface area contributed by atoms with E-state index in [1.807, 2.05) is 19.1 Å². The third-order valence-corrected chi connectivity index (χ3v) is 3.79. The van der Waals surface area contributed by atoms with Gasteiger partial charge in [-0.25, -0.2) is 4.79 Å². The lowest BCUT2D eigenvalue weighted by atomic mass is 10.1. The summed E-state index contributed by atoms with van der Waals surface area (Å²) in [7, 11) is 0. The first-order valence-electron chi connectivity index (χ1n) is 8.42. The summed E-state index contributed by atoms with van der Waals surface area (Å²) in [6.45, 7) is 7.49. The first-order valence-corrected chi connectivity index (χ1v) is 8.42. The van der Waals surface area contributed by atoms with Crippen molar-refractivity contribution in [3.63, 3.8) is 0 Å². The average molecular weight is 346 g/mol. The molecule has 25 heavy (non-hydrogen) atoms. The monoisotopic (exact) mass is 346 g/mol. The van der Waals surface area contributed by atoms with Gasteiger partial charge in [0.2, 0.25) is 0 Å². The highest BCUT2D eigenvalue weighted by molar-refractivity contribution is 5.88. The first-order chi connectivity index (χ1) is 11.7. The van der Waals surface area contributed by atoms with E-state index in [0.29, 0.717) is 17.4 Å². The molecule has 1 heterocycles. The van der Waals surface area contributed by atoms with Crippen molar-refractivity contribution in [2.45, 2.75) is 52.4 Å². The molecule has 0 aliphatic rings. The summed E-state index contributed by atoms with van der Waals surface area (Å²) in [5.41, 5.74) is -0.0587. The van der Waals surface area contributed by atoms with Gasteiger partial charge in [-0.3, -0.25) is 4.98 Å². The Morgan fingerprint density at radius 1 is 1.32 bits per heavy atom. The maximum atomic E-state index is 12.5. The molecule has 0 saturated heterocycles. The fourth-order valence-electron chi connectivity index (χ4n) is 2.44. The second kappa shape index (κ2) is 7.70. The number of pyridine rings is 1. The zero-order valence-electron chi connectivity index (χ0n) is 15.2. The smallest absolute Gasteiger partial charge is 0.410 e. The van der Waals surface area contributed by atoms with Gasteiger partial charge in [0.25, 0.3) is 0 Å². The molecule has 0 fully saturated rings. The van der Waals surface area contributed by atoms with Gasteiger partial charge in [-0.1, -0.05) is 19.1 Å². The number of rotatable bonds is 5. The molecule has 2 rings (SSSR count). The zero-order valence-corrected chi connectivity index (χ0v) is 15.2.